The summed E-state index contributed by atoms with van der Waals surface area (Å²) in [6.45, 7) is 9.55. The standard InChI is InChI=1S/C15H28O6.2C7H6O2/c1-13(2,5-16)11-18-7-15(8-19-11)9-20-12(21-10-15)14(3,4)6-17;2*8-7(9)6-4-2-1-3-5-6/h11-12,16-17H,5-10H2,1-4H3;2*1-5H,(H,8,9). The summed E-state index contributed by atoms with van der Waals surface area (Å²) in [4.78, 5) is 20.4. The number of hydrogen-bond donors (Lipinski definition) is 4. The maximum atomic E-state index is 10.2. The minimum Gasteiger partial charge on any atom is -0.478 e. The summed E-state index contributed by atoms with van der Waals surface area (Å²) in [6, 6.07) is 16.6. The SMILES string of the molecule is CC(C)(CO)C1OCC2(CO1)COC(C(C)(C)CO)OC2.O=C(O)c1ccccc1.O=C(O)c1ccccc1. The molecule has 0 saturated carbocycles. The monoisotopic (exact) mass is 548 g/mol. The number of carboxylic acid groups (broad SMARTS) is 2. The van der Waals surface area contributed by atoms with Gasteiger partial charge >= 0.3 is 11.9 Å². The van der Waals surface area contributed by atoms with E-state index in [9.17, 15) is 19.8 Å². The molecule has 2 aromatic rings. The van der Waals surface area contributed by atoms with Crippen LogP contribution >= 0.6 is 0 Å². The van der Waals surface area contributed by atoms with Crippen LogP contribution in [-0.4, -0.2) is 84.6 Å². The number of aliphatic hydroxyl groups is 2. The lowest BCUT2D eigenvalue weighted by atomic mass is 9.86. The Morgan fingerprint density at radius 1 is 0.667 bits per heavy atom. The summed E-state index contributed by atoms with van der Waals surface area (Å²) < 4.78 is 23.1. The second-order valence-electron chi connectivity index (χ2n) is 11.0. The number of ether oxygens (including phenoxy) is 4. The lowest BCUT2D eigenvalue weighted by Crippen LogP contribution is -2.56. The zero-order valence-corrected chi connectivity index (χ0v) is 22.9. The van der Waals surface area contributed by atoms with Crippen molar-refractivity contribution >= 4 is 11.9 Å². The van der Waals surface area contributed by atoms with Crippen molar-refractivity contribution in [2.24, 2.45) is 16.2 Å². The Morgan fingerprint density at radius 3 is 1.15 bits per heavy atom. The Hall–Kier alpha value is -2.86. The fourth-order valence-corrected chi connectivity index (χ4v) is 3.57. The van der Waals surface area contributed by atoms with Crippen molar-refractivity contribution < 1.29 is 49.0 Å². The molecule has 1 spiro atoms. The van der Waals surface area contributed by atoms with E-state index < -0.39 is 35.3 Å². The molecule has 0 amide bonds. The van der Waals surface area contributed by atoms with Crippen LogP contribution in [0, 0.1) is 16.2 Å². The van der Waals surface area contributed by atoms with Crippen LogP contribution in [0.3, 0.4) is 0 Å². The van der Waals surface area contributed by atoms with Gasteiger partial charge in [-0.15, -0.1) is 0 Å². The first-order chi connectivity index (χ1) is 18.4. The van der Waals surface area contributed by atoms with Crippen LogP contribution in [0.25, 0.3) is 0 Å². The second-order valence-corrected chi connectivity index (χ2v) is 11.0. The van der Waals surface area contributed by atoms with Gasteiger partial charge in [-0.1, -0.05) is 64.1 Å². The molecule has 4 N–H and O–H groups in total. The van der Waals surface area contributed by atoms with Crippen molar-refractivity contribution in [3.8, 4) is 0 Å². The summed E-state index contributed by atoms with van der Waals surface area (Å²) >= 11 is 0. The summed E-state index contributed by atoms with van der Waals surface area (Å²) in [6.07, 6.45) is -0.834. The molecule has 10 heteroatoms. The smallest absolute Gasteiger partial charge is 0.335 e. The summed E-state index contributed by atoms with van der Waals surface area (Å²) in [7, 11) is 0. The van der Waals surface area contributed by atoms with E-state index in [4.69, 9.17) is 29.2 Å². The van der Waals surface area contributed by atoms with Crippen molar-refractivity contribution in [3.05, 3.63) is 71.8 Å². The Balaban J connectivity index is 0.000000243. The highest BCUT2D eigenvalue weighted by molar-refractivity contribution is 5.87. The number of carbonyl (C=O) groups is 2. The molecule has 0 aromatic heterocycles. The average molecular weight is 549 g/mol. The Morgan fingerprint density at radius 2 is 0.949 bits per heavy atom. The van der Waals surface area contributed by atoms with Gasteiger partial charge in [0, 0.05) is 10.8 Å². The average Bonchev–Trinajstić information content (AvgIpc) is 2.95. The van der Waals surface area contributed by atoms with Crippen LogP contribution in [0.15, 0.2) is 60.7 Å². The zero-order valence-electron chi connectivity index (χ0n) is 22.9. The van der Waals surface area contributed by atoms with Crippen molar-refractivity contribution in [3.63, 3.8) is 0 Å². The molecule has 0 aliphatic carbocycles. The van der Waals surface area contributed by atoms with Crippen molar-refractivity contribution in [2.75, 3.05) is 39.6 Å². The van der Waals surface area contributed by atoms with E-state index in [-0.39, 0.29) is 18.6 Å². The first-order valence-corrected chi connectivity index (χ1v) is 12.6. The Kier molecular flexibility index (Phi) is 12.0. The van der Waals surface area contributed by atoms with Crippen LogP contribution < -0.4 is 0 Å². The molecule has 2 fully saturated rings. The number of carboxylic acids is 2. The molecule has 216 valence electrons. The molecule has 0 bridgehead atoms. The van der Waals surface area contributed by atoms with Crippen LogP contribution in [0.1, 0.15) is 48.4 Å². The summed E-state index contributed by atoms with van der Waals surface area (Å²) in [5, 5.41) is 35.5. The molecule has 39 heavy (non-hydrogen) atoms. The molecule has 2 heterocycles. The molecule has 2 aliphatic heterocycles. The fourth-order valence-electron chi connectivity index (χ4n) is 3.57. The maximum Gasteiger partial charge on any atom is 0.335 e. The largest absolute Gasteiger partial charge is 0.478 e. The summed E-state index contributed by atoms with van der Waals surface area (Å²) in [5.74, 6) is -1.76. The molecule has 4 rings (SSSR count). The van der Waals surface area contributed by atoms with E-state index in [0.717, 1.165) is 0 Å². The van der Waals surface area contributed by atoms with Gasteiger partial charge in [-0.2, -0.15) is 0 Å². The quantitative estimate of drug-likeness (QED) is 0.422. The number of aliphatic hydroxyl groups excluding tert-OH is 2. The van der Waals surface area contributed by atoms with Gasteiger partial charge in [0.25, 0.3) is 0 Å². The lowest BCUT2D eigenvalue weighted by Gasteiger charge is -2.48. The van der Waals surface area contributed by atoms with E-state index >= 15 is 0 Å². The number of hydrogen-bond acceptors (Lipinski definition) is 8. The molecular weight excluding hydrogens is 508 g/mol. The molecule has 0 unspecified atom stereocenters. The number of aromatic carboxylic acids is 2. The topological polar surface area (TPSA) is 152 Å². The fraction of sp³-hybridized carbons (Fsp3) is 0.517. The van der Waals surface area contributed by atoms with E-state index in [2.05, 4.69) is 0 Å². The maximum absolute atomic E-state index is 10.2. The third-order valence-electron chi connectivity index (χ3n) is 6.30. The highest BCUT2D eigenvalue weighted by Gasteiger charge is 2.47. The van der Waals surface area contributed by atoms with Gasteiger partial charge in [0.05, 0.1) is 56.2 Å². The molecule has 0 atom stereocenters. The third-order valence-corrected chi connectivity index (χ3v) is 6.30. The third kappa shape index (κ3) is 9.68. The number of rotatable bonds is 6. The highest BCUT2D eigenvalue weighted by Crippen LogP contribution is 2.38. The van der Waals surface area contributed by atoms with Crippen LogP contribution in [0.2, 0.25) is 0 Å². The predicted octanol–water partition coefficient (Wildman–Crippen LogP) is 3.53. The lowest BCUT2D eigenvalue weighted by molar-refractivity contribution is -0.337. The number of benzene rings is 2. The van der Waals surface area contributed by atoms with Crippen LogP contribution in [-0.2, 0) is 18.9 Å². The van der Waals surface area contributed by atoms with Gasteiger partial charge in [0.1, 0.15) is 0 Å². The summed E-state index contributed by atoms with van der Waals surface area (Å²) in [5.41, 5.74) is -0.502. The van der Waals surface area contributed by atoms with Gasteiger partial charge in [-0.3, -0.25) is 0 Å². The Labute approximate surface area is 229 Å². The molecular formula is C29H40O10. The minimum absolute atomic E-state index is 0.00440. The molecule has 0 radical (unpaired) electrons. The van der Waals surface area contributed by atoms with E-state index in [1.807, 2.05) is 27.7 Å². The Bertz CT molecular complexity index is 920. The van der Waals surface area contributed by atoms with Crippen molar-refractivity contribution in [1.82, 2.24) is 0 Å². The molecule has 2 aromatic carbocycles. The van der Waals surface area contributed by atoms with Gasteiger partial charge in [0.2, 0.25) is 0 Å². The molecule has 2 saturated heterocycles. The normalized spacial score (nSPS) is 23.0. The molecule has 2 aliphatic rings. The first kappa shape index (κ1) is 32.4. The highest BCUT2D eigenvalue weighted by atomic mass is 16.7. The molecule has 10 nitrogen and oxygen atoms in total. The second kappa shape index (κ2) is 14.5. The van der Waals surface area contributed by atoms with Crippen LogP contribution in [0.4, 0.5) is 0 Å². The van der Waals surface area contributed by atoms with Crippen molar-refractivity contribution in [1.29, 1.82) is 0 Å². The van der Waals surface area contributed by atoms with Crippen molar-refractivity contribution in [2.45, 2.75) is 40.3 Å². The van der Waals surface area contributed by atoms with E-state index in [1.54, 1.807) is 60.7 Å². The van der Waals surface area contributed by atoms with E-state index in [0.29, 0.717) is 37.6 Å². The minimum atomic E-state index is -0.879. The van der Waals surface area contributed by atoms with Crippen LogP contribution in [0.5, 0.6) is 0 Å². The van der Waals surface area contributed by atoms with Gasteiger partial charge in [-0.05, 0) is 24.3 Å². The van der Waals surface area contributed by atoms with Gasteiger partial charge in [-0.25, -0.2) is 9.59 Å². The van der Waals surface area contributed by atoms with Gasteiger partial charge < -0.3 is 39.4 Å². The first-order valence-electron chi connectivity index (χ1n) is 12.6. The predicted molar refractivity (Wildman–Crippen MR) is 142 cm³/mol. The zero-order chi connectivity index (χ0) is 29.1. The van der Waals surface area contributed by atoms with E-state index in [1.165, 1.54) is 0 Å². The van der Waals surface area contributed by atoms with Gasteiger partial charge in [0.15, 0.2) is 12.6 Å².